The van der Waals surface area contributed by atoms with Crippen molar-refractivity contribution in [2.75, 3.05) is 10.6 Å². The van der Waals surface area contributed by atoms with Gasteiger partial charge in [-0.2, -0.15) is 0 Å². The molecule has 0 aromatic heterocycles. The largest absolute Gasteiger partial charge is 0.444 e. The van der Waals surface area contributed by atoms with Gasteiger partial charge < -0.3 is 10.1 Å². The molecule has 2 N–H and O–H groups in total. The Balaban J connectivity index is 2.18. The van der Waals surface area contributed by atoms with E-state index in [1.165, 1.54) is 12.1 Å². The maximum Gasteiger partial charge on any atom is 0.412 e. The van der Waals surface area contributed by atoms with E-state index in [0.29, 0.717) is 18.5 Å². The van der Waals surface area contributed by atoms with E-state index in [1.807, 2.05) is 0 Å². The number of benzene rings is 1. The second-order valence-electron chi connectivity index (χ2n) is 5.66. The van der Waals surface area contributed by atoms with E-state index in [4.69, 9.17) is 4.74 Å². The second kappa shape index (κ2) is 5.11. The molecule has 0 unspecified atom stereocenters. The fourth-order valence-electron chi connectivity index (χ4n) is 1.91. The van der Waals surface area contributed by atoms with E-state index >= 15 is 0 Å². The molecule has 108 valence electrons. The van der Waals surface area contributed by atoms with Gasteiger partial charge in [0, 0.05) is 12.1 Å². The molecule has 20 heavy (non-hydrogen) atoms. The van der Waals surface area contributed by atoms with Crippen LogP contribution in [0.2, 0.25) is 0 Å². The molecule has 0 fully saturated rings. The third kappa shape index (κ3) is 3.46. The Hall–Kier alpha value is -2.11. The Labute approximate surface area is 116 Å². The molecule has 0 atom stereocenters. The molecule has 0 spiro atoms. The Morgan fingerprint density at radius 1 is 1.35 bits per heavy atom. The smallest absolute Gasteiger partial charge is 0.412 e. The molecule has 1 aromatic carbocycles. The summed E-state index contributed by atoms with van der Waals surface area (Å²) in [5, 5.41) is 5.00. The average Bonchev–Trinajstić information content (AvgIpc) is 2.28. The first-order valence-electron chi connectivity index (χ1n) is 6.37. The van der Waals surface area contributed by atoms with Crippen LogP contribution in [0.15, 0.2) is 12.1 Å². The second-order valence-corrected chi connectivity index (χ2v) is 5.66. The Kier molecular flexibility index (Phi) is 3.65. The summed E-state index contributed by atoms with van der Waals surface area (Å²) in [6.07, 6.45) is 0.0919. The Morgan fingerprint density at radius 2 is 2.05 bits per heavy atom. The van der Waals surface area contributed by atoms with E-state index in [-0.39, 0.29) is 11.6 Å². The van der Waals surface area contributed by atoms with E-state index < -0.39 is 17.5 Å². The molecule has 1 aromatic rings. The highest BCUT2D eigenvalue weighted by Gasteiger charge is 2.20. The van der Waals surface area contributed by atoms with Crippen molar-refractivity contribution in [2.24, 2.45) is 0 Å². The molecule has 0 saturated heterocycles. The van der Waals surface area contributed by atoms with Gasteiger partial charge in [-0.3, -0.25) is 10.1 Å². The Morgan fingerprint density at radius 3 is 2.70 bits per heavy atom. The summed E-state index contributed by atoms with van der Waals surface area (Å²) in [5.74, 6) is -0.668. The van der Waals surface area contributed by atoms with E-state index in [2.05, 4.69) is 10.6 Å². The quantitative estimate of drug-likeness (QED) is 0.830. The van der Waals surface area contributed by atoms with Crippen molar-refractivity contribution in [1.82, 2.24) is 0 Å². The molecule has 1 aliphatic heterocycles. The molecule has 5 nitrogen and oxygen atoms in total. The summed E-state index contributed by atoms with van der Waals surface area (Å²) in [4.78, 5) is 22.9. The number of fused-ring (bicyclic) bond motifs is 1. The summed E-state index contributed by atoms with van der Waals surface area (Å²) in [5.41, 5.74) is 0.564. The average molecular weight is 280 g/mol. The first kappa shape index (κ1) is 14.3. The lowest BCUT2D eigenvalue weighted by Gasteiger charge is -2.21. The lowest BCUT2D eigenvalue weighted by molar-refractivity contribution is -0.116. The number of halogens is 1. The van der Waals surface area contributed by atoms with Crippen molar-refractivity contribution in [3.05, 3.63) is 23.5 Å². The van der Waals surface area contributed by atoms with Crippen molar-refractivity contribution in [1.29, 1.82) is 0 Å². The van der Waals surface area contributed by atoms with Gasteiger partial charge in [-0.1, -0.05) is 0 Å². The van der Waals surface area contributed by atoms with Gasteiger partial charge in [0.1, 0.15) is 11.4 Å². The maximum atomic E-state index is 13.9. The zero-order chi connectivity index (χ0) is 14.9. The molecule has 2 amide bonds. The van der Waals surface area contributed by atoms with Gasteiger partial charge in [0.05, 0.1) is 5.69 Å². The van der Waals surface area contributed by atoms with Gasteiger partial charge in [0.2, 0.25) is 5.91 Å². The summed E-state index contributed by atoms with van der Waals surface area (Å²) in [7, 11) is 0. The molecule has 0 bridgehead atoms. The van der Waals surface area contributed by atoms with Gasteiger partial charge >= 0.3 is 6.09 Å². The topological polar surface area (TPSA) is 67.4 Å². The molecule has 1 aliphatic rings. The number of carbonyl (C=O) groups is 2. The zero-order valence-corrected chi connectivity index (χ0v) is 11.7. The van der Waals surface area contributed by atoms with Crippen LogP contribution in [0.5, 0.6) is 0 Å². The summed E-state index contributed by atoms with van der Waals surface area (Å²) in [6, 6.07) is 2.73. The van der Waals surface area contributed by atoms with Crippen LogP contribution in [0.25, 0.3) is 0 Å². The predicted octanol–water partition coefficient (Wildman–Crippen LogP) is 3.06. The van der Waals surface area contributed by atoms with Crippen molar-refractivity contribution in [3.63, 3.8) is 0 Å². The van der Waals surface area contributed by atoms with Crippen LogP contribution in [0.4, 0.5) is 20.6 Å². The van der Waals surface area contributed by atoms with Crippen LogP contribution < -0.4 is 10.6 Å². The summed E-state index contributed by atoms with van der Waals surface area (Å²) in [6.45, 7) is 5.15. The number of ether oxygens (including phenoxy) is 1. The number of hydrogen-bond donors (Lipinski definition) is 2. The minimum Gasteiger partial charge on any atom is -0.444 e. The van der Waals surface area contributed by atoms with Crippen LogP contribution in [-0.2, 0) is 16.0 Å². The number of anilines is 2. The Bertz CT molecular complexity index is 564. The van der Waals surface area contributed by atoms with Gasteiger partial charge in [0.25, 0.3) is 0 Å². The van der Waals surface area contributed by atoms with Crippen molar-refractivity contribution in [2.45, 2.75) is 39.2 Å². The van der Waals surface area contributed by atoms with Crippen LogP contribution >= 0.6 is 0 Å². The molecular weight excluding hydrogens is 263 g/mol. The summed E-state index contributed by atoms with van der Waals surface area (Å²) >= 11 is 0. The van der Waals surface area contributed by atoms with Crippen LogP contribution in [0.1, 0.15) is 32.8 Å². The van der Waals surface area contributed by atoms with E-state index in [0.717, 1.165) is 5.56 Å². The van der Waals surface area contributed by atoms with E-state index in [9.17, 15) is 14.0 Å². The molecule has 0 saturated carbocycles. The van der Waals surface area contributed by atoms with Crippen molar-refractivity contribution >= 4 is 23.4 Å². The molecule has 0 aliphatic carbocycles. The molecule has 2 rings (SSSR count). The minimum atomic E-state index is -0.738. The molecule has 1 heterocycles. The van der Waals surface area contributed by atoms with Crippen molar-refractivity contribution < 1.29 is 18.7 Å². The molecule has 0 radical (unpaired) electrons. The lowest BCUT2D eigenvalue weighted by Crippen LogP contribution is -2.27. The zero-order valence-electron chi connectivity index (χ0n) is 11.7. The molecular formula is C14H17FN2O3. The fraction of sp³-hybridized carbons (Fsp3) is 0.429. The van der Waals surface area contributed by atoms with Crippen LogP contribution in [0, 0.1) is 5.82 Å². The monoisotopic (exact) mass is 280 g/mol. The highest BCUT2D eigenvalue weighted by Crippen LogP contribution is 2.28. The van der Waals surface area contributed by atoms with Gasteiger partial charge in [-0.15, -0.1) is 0 Å². The standard InChI is InChI=1S/C14H17FN2O3/c1-14(2,3)20-13(19)17-11-7-10-8(6-9(11)15)4-5-12(18)16-10/h6-7H,4-5H2,1-3H3,(H,16,18)(H,17,19). The third-order valence-electron chi connectivity index (χ3n) is 2.72. The normalized spacial score (nSPS) is 14.3. The first-order chi connectivity index (χ1) is 9.24. The SMILES string of the molecule is CC(C)(C)OC(=O)Nc1cc2c(cc1F)CCC(=O)N2. The van der Waals surface area contributed by atoms with Crippen LogP contribution in [-0.4, -0.2) is 17.6 Å². The van der Waals surface area contributed by atoms with Gasteiger partial charge in [-0.05, 0) is 44.9 Å². The number of carbonyl (C=O) groups excluding carboxylic acids is 2. The molecule has 6 heteroatoms. The maximum absolute atomic E-state index is 13.9. The number of rotatable bonds is 1. The number of amides is 2. The number of nitrogens with one attached hydrogen (secondary N) is 2. The van der Waals surface area contributed by atoms with Gasteiger partial charge in [0.15, 0.2) is 0 Å². The highest BCUT2D eigenvalue weighted by atomic mass is 19.1. The highest BCUT2D eigenvalue weighted by molar-refractivity contribution is 5.95. The fourth-order valence-corrected chi connectivity index (χ4v) is 1.91. The van der Waals surface area contributed by atoms with Crippen LogP contribution in [0.3, 0.4) is 0 Å². The van der Waals surface area contributed by atoms with Crippen molar-refractivity contribution in [3.8, 4) is 0 Å². The summed E-state index contributed by atoms with van der Waals surface area (Å²) < 4.78 is 18.9. The van der Waals surface area contributed by atoms with E-state index in [1.54, 1.807) is 20.8 Å². The number of aryl methyl sites for hydroxylation is 1. The van der Waals surface area contributed by atoms with Gasteiger partial charge in [-0.25, -0.2) is 9.18 Å². The minimum absolute atomic E-state index is 0.0137. The predicted molar refractivity (Wildman–Crippen MR) is 73.2 cm³/mol. The first-order valence-corrected chi connectivity index (χ1v) is 6.37. The lowest BCUT2D eigenvalue weighted by atomic mass is 10.0. The number of hydrogen-bond acceptors (Lipinski definition) is 3. The third-order valence-corrected chi connectivity index (χ3v) is 2.72.